The zero-order valence-corrected chi connectivity index (χ0v) is 12.1. The van der Waals surface area contributed by atoms with Crippen LogP contribution in [0.1, 0.15) is 23.7 Å². The third-order valence-corrected chi connectivity index (χ3v) is 4.41. The highest BCUT2D eigenvalue weighted by Crippen LogP contribution is 2.32. The average Bonchev–Trinajstić information content (AvgIpc) is 2.74. The van der Waals surface area contributed by atoms with Gasteiger partial charge in [0.05, 0.1) is 28.3 Å². The number of likely N-dealkylation sites (tertiary alicyclic amines) is 1. The van der Waals surface area contributed by atoms with Crippen LogP contribution in [0, 0.1) is 5.92 Å². The molecule has 0 bridgehead atoms. The van der Waals surface area contributed by atoms with Crippen molar-refractivity contribution < 1.29 is 9.90 Å². The van der Waals surface area contributed by atoms with Crippen LogP contribution in [-0.4, -0.2) is 35.1 Å². The fraction of sp³-hybridized carbons (Fsp3) is 0.462. The molecule has 2 atom stereocenters. The second kappa shape index (κ2) is 5.57. The maximum atomic E-state index is 12.5. The van der Waals surface area contributed by atoms with Gasteiger partial charge in [0.2, 0.25) is 0 Å². The van der Waals surface area contributed by atoms with E-state index >= 15 is 0 Å². The quantitative estimate of drug-likeness (QED) is 0.825. The van der Waals surface area contributed by atoms with Gasteiger partial charge in [0.15, 0.2) is 0 Å². The van der Waals surface area contributed by atoms with Gasteiger partial charge in [-0.05, 0) is 24.5 Å². The molecule has 1 fully saturated rings. The molecule has 3 N–H and O–H groups in total. The lowest BCUT2D eigenvalue weighted by atomic mass is 10.0. The van der Waals surface area contributed by atoms with Gasteiger partial charge in [0.25, 0.3) is 5.91 Å². The fourth-order valence-electron chi connectivity index (χ4n) is 2.46. The predicted molar refractivity (Wildman–Crippen MR) is 76.6 cm³/mol. The van der Waals surface area contributed by atoms with Gasteiger partial charge >= 0.3 is 0 Å². The number of halogens is 2. The summed E-state index contributed by atoms with van der Waals surface area (Å²) in [7, 11) is 0. The van der Waals surface area contributed by atoms with E-state index in [0.717, 1.165) is 6.42 Å². The number of aliphatic hydroxyl groups excluding tert-OH is 1. The molecule has 1 amide bonds. The third-order valence-electron chi connectivity index (χ3n) is 3.61. The molecule has 2 rings (SSSR count). The number of hydrogen-bond acceptors (Lipinski definition) is 3. The molecule has 104 valence electrons. The van der Waals surface area contributed by atoms with E-state index in [0.29, 0.717) is 17.8 Å². The fourth-order valence-corrected chi connectivity index (χ4v) is 2.88. The Labute approximate surface area is 122 Å². The summed E-state index contributed by atoms with van der Waals surface area (Å²) in [5, 5.41) is 9.87. The zero-order chi connectivity index (χ0) is 14.2. The molecule has 0 radical (unpaired) electrons. The molecule has 1 aliphatic heterocycles. The largest absolute Gasteiger partial charge is 0.399 e. The maximum absolute atomic E-state index is 12.5. The number of hydrogen-bond donors (Lipinski definition) is 2. The summed E-state index contributed by atoms with van der Waals surface area (Å²) >= 11 is 12.0. The molecular weight excluding hydrogens is 287 g/mol. The Bertz CT molecular complexity index is 508. The van der Waals surface area contributed by atoms with Crippen molar-refractivity contribution in [3.8, 4) is 0 Å². The van der Waals surface area contributed by atoms with E-state index in [1.165, 1.54) is 12.1 Å². The Morgan fingerprint density at radius 3 is 2.84 bits per heavy atom. The minimum absolute atomic E-state index is 0.0550. The van der Waals surface area contributed by atoms with Crippen LogP contribution in [0.15, 0.2) is 12.1 Å². The van der Waals surface area contributed by atoms with Crippen LogP contribution in [0.4, 0.5) is 5.69 Å². The van der Waals surface area contributed by atoms with Crippen molar-refractivity contribution in [2.24, 2.45) is 5.92 Å². The highest BCUT2D eigenvalue weighted by atomic mass is 35.5. The summed E-state index contributed by atoms with van der Waals surface area (Å²) in [5.41, 5.74) is 6.38. The van der Waals surface area contributed by atoms with Gasteiger partial charge in [0.1, 0.15) is 0 Å². The molecule has 6 heteroatoms. The van der Waals surface area contributed by atoms with E-state index in [1.807, 2.05) is 6.92 Å². The number of rotatable bonds is 2. The summed E-state index contributed by atoms with van der Waals surface area (Å²) in [5.74, 6) is 0.0341. The van der Waals surface area contributed by atoms with Gasteiger partial charge in [-0.2, -0.15) is 0 Å². The van der Waals surface area contributed by atoms with Gasteiger partial charge in [-0.3, -0.25) is 4.79 Å². The Morgan fingerprint density at radius 2 is 2.21 bits per heavy atom. The van der Waals surface area contributed by atoms with Crippen LogP contribution >= 0.6 is 23.2 Å². The van der Waals surface area contributed by atoms with Gasteiger partial charge in [0, 0.05) is 12.2 Å². The summed E-state index contributed by atoms with van der Waals surface area (Å²) in [6, 6.07) is 2.86. The number of nitrogens with zero attached hydrogens (tertiary/aromatic N) is 1. The van der Waals surface area contributed by atoms with Crippen molar-refractivity contribution in [1.82, 2.24) is 4.90 Å². The van der Waals surface area contributed by atoms with Gasteiger partial charge < -0.3 is 15.7 Å². The number of nitrogen functional groups attached to an aromatic ring is 1. The van der Waals surface area contributed by atoms with Gasteiger partial charge in [-0.1, -0.05) is 30.1 Å². The van der Waals surface area contributed by atoms with Crippen LogP contribution < -0.4 is 5.73 Å². The Kier molecular flexibility index (Phi) is 4.23. The first kappa shape index (κ1) is 14.4. The van der Waals surface area contributed by atoms with Crippen molar-refractivity contribution in [1.29, 1.82) is 0 Å². The Morgan fingerprint density at radius 1 is 1.53 bits per heavy atom. The first-order valence-corrected chi connectivity index (χ1v) is 6.87. The smallest absolute Gasteiger partial charge is 0.255 e. The van der Waals surface area contributed by atoms with Crippen LogP contribution in [0.2, 0.25) is 10.0 Å². The Balaban J connectivity index is 2.35. The van der Waals surface area contributed by atoms with Crippen molar-refractivity contribution in [3.63, 3.8) is 0 Å². The van der Waals surface area contributed by atoms with E-state index in [-0.39, 0.29) is 34.5 Å². The number of aliphatic hydroxyl groups is 1. The summed E-state index contributed by atoms with van der Waals surface area (Å²) < 4.78 is 0. The number of nitrogens with two attached hydrogens (primary N) is 1. The van der Waals surface area contributed by atoms with Crippen LogP contribution in [0.3, 0.4) is 0 Å². The summed E-state index contributed by atoms with van der Waals surface area (Å²) in [4.78, 5) is 14.1. The predicted octanol–water partition coefficient (Wildman–Crippen LogP) is 2.42. The molecule has 1 aromatic rings. The van der Waals surface area contributed by atoms with Gasteiger partial charge in [-0.15, -0.1) is 0 Å². The maximum Gasteiger partial charge on any atom is 0.255 e. The topological polar surface area (TPSA) is 66.6 Å². The van der Waals surface area contributed by atoms with Crippen molar-refractivity contribution in [2.45, 2.75) is 19.4 Å². The monoisotopic (exact) mass is 302 g/mol. The third kappa shape index (κ3) is 2.66. The number of carbonyl (C=O) groups excluding carboxylic acids is 1. The number of carbonyl (C=O) groups is 1. The molecule has 1 saturated heterocycles. The molecule has 2 unspecified atom stereocenters. The van der Waals surface area contributed by atoms with Crippen molar-refractivity contribution >= 4 is 34.8 Å². The van der Waals surface area contributed by atoms with E-state index in [9.17, 15) is 9.90 Å². The normalized spacial score (nSPS) is 22.8. The summed E-state index contributed by atoms with van der Waals surface area (Å²) in [6.45, 7) is 2.57. The number of anilines is 1. The number of benzene rings is 1. The van der Waals surface area contributed by atoms with Crippen molar-refractivity contribution in [3.05, 3.63) is 27.7 Å². The minimum atomic E-state index is -0.234. The molecule has 19 heavy (non-hydrogen) atoms. The minimum Gasteiger partial charge on any atom is -0.399 e. The van der Waals surface area contributed by atoms with E-state index in [4.69, 9.17) is 28.9 Å². The lowest BCUT2D eigenvalue weighted by Crippen LogP contribution is -2.40. The SMILES string of the molecule is CC1CCN(C(=O)c2cc(N)cc(Cl)c2Cl)C1CO. The molecule has 0 aromatic heterocycles. The standard InChI is InChI=1S/C13H16Cl2N2O2/c1-7-2-3-17(11(7)6-18)13(19)9-4-8(16)5-10(14)12(9)15/h4-5,7,11,18H,2-3,6,16H2,1H3. The Hall–Kier alpha value is -0.970. The van der Waals surface area contributed by atoms with Crippen molar-refractivity contribution in [2.75, 3.05) is 18.9 Å². The average molecular weight is 303 g/mol. The lowest BCUT2D eigenvalue weighted by Gasteiger charge is -2.25. The molecular formula is C13H16Cl2N2O2. The molecule has 0 spiro atoms. The van der Waals surface area contributed by atoms with E-state index < -0.39 is 0 Å². The lowest BCUT2D eigenvalue weighted by molar-refractivity contribution is 0.0648. The molecule has 0 aliphatic carbocycles. The second-order valence-electron chi connectivity index (χ2n) is 4.88. The first-order chi connectivity index (χ1) is 8.95. The molecule has 1 aromatic carbocycles. The molecule has 4 nitrogen and oxygen atoms in total. The molecule has 0 saturated carbocycles. The highest BCUT2D eigenvalue weighted by molar-refractivity contribution is 6.44. The van der Waals surface area contributed by atoms with Crippen LogP contribution in [0.25, 0.3) is 0 Å². The zero-order valence-electron chi connectivity index (χ0n) is 10.6. The molecule has 1 heterocycles. The highest BCUT2D eigenvalue weighted by Gasteiger charge is 2.35. The van der Waals surface area contributed by atoms with Crippen LogP contribution in [0.5, 0.6) is 0 Å². The second-order valence-corrected chi connectivity index (χ2v) is 5.66. The van der Waals surface area contributed by atoms with Gasteiger partial charge in [-0.25, -0.2) is 0 Å². The first-order valence-electron chi connectivity index (χ1n) is 6.12. The number of amides is 1. The summed E-state index contributed by atoms with van der Waals surface area (Å²) in [6.07, 6.45) is 0.866. The van der Waals surface area contributed by atoms with E-state index in [2.05, 4.69) is 0 Å². The van der Waals surface area contributed by atoms with Crippen LogP contribution in [-0.2, 0) is 0 Å². The van der Waals surface area contributed by atoms with E-state index in [1.54, 1.807) is 4.90 Å². The molecule has 1 aliphatic rings.